The Bertz CT molecular complexity index is 1220. The fourth-order valence-electron chi connectivity index (χ4n) is 3.69. The SMILES string of the molecule is CC(C)(C)[S@@](=O)N[C@H](c1cccs1)[C@@H](N=C(c1ccccc1)c1ccccc1)c1ccc(Cl)cc1. The van der Waals surface area contributed by atoms with Crippen LogP contribution in [0.4, 0.5) is 0 Å². The van der Waals surface area contributed by atoms with Crippen molar-refractivity contribution < 1.29 is 4.21 Å². The van der Waals surface area contributed by atoms with Gasteiger partial charge in [0.1, 0.15) is 0 Å². The van der Waals surface area contributed by atoms with Gasteiger partial charge < -0.3 is 0 Å². The zero-order valence-electron chi connectivity index (χ0n) is 20.0. The summed E-state index contributed by atoms with van der Waals surface area (Å²) in [5, 5.41) is 2.71. The quantitative estimate of drug-likeness (QED) is 0.237. The van der Waals surface area contributed by atoms with E-state index in [9.17, 15) is 4.21 Å². The van der Waals surface area contributed by atoms with E-state index < -0.39 is 15.7 Å². The summed E-state index contributed by atoms with van der Waals surface area (Å²) < 4.78 is 16.3. The standard InChI is InChI=1S/C29H29ClN2OS2/c1-29(2,3)35(33)32-28(25-15-10-20-34-25)27(23-16-18-24(30)19-17-23)31-26(21-11-6-4-7-12-21)22-13-8-5-9-14-22/h4-20,27-28,32H,1-3H3/t27-,28+,35+/m0/s1. The Balaban J connectivity index is 1.92. The van der Waals surface area contributed by atoms with E-state index in [1.54, 1.807) is 11.3 Å². The Labute approximate surface area is 219 Å². The fourth-order valence-corrected chi connectivity index (χ4v) is 5.53. The van der Waals surface area contributed by atoms with Crippen LogP contribution in [0, 0.1) is 0 Å². The average molecular weight is 521 g/mol. The summed E-state index contributed by atoms with van der Waals surface area (Å²) >= 11 is 7.88. The van der Waals surface area contributed by atoms with Gasteiger partial charge in [0.05, 0.1) is 33.5 Å². The third kappa shape index (κ3) is 6.56. The molecule has 0 aliphatic heterocycles. The number of rotatable bonds is 8. The fraction of sp³-hybridized carbons (Fsp3) is 0.207. The highest BCUT2D eigenvalue weighted by molar-refractivity contribution is 7.84. The lowest BCUT2D eigenvalue weighted by atomic mass is 9.96. The maximum atomic E-state index is 13.3. The summed E-state index contributed by atoms with van der Waals surface area (Å²) in [6.45, 7) is 5.92. The molecule has 0 unspecified atom stereocenters. The summed E-state index contributed by atoms with van der Waals surface area (Å²) in [6.07, 6.45) is 0. The number of thiophene rings is 1. The van der Waals surface area contributed by atoms with Crippen molar-refractivity contribution in [1.29, 1.82) is 0 Å². The molecular formula is C29H29ClN2OS2. The van der Waals surface area contributed by atoms with Gasteiger partial charge in [0.15, 0.2) is 0 Å². The average Bonchev–Trinajstić information content (AvgIpc) is 3.39. The second-order valence-electron chi connectivity index (χ2n) is 9.20. The zero-order valence-corrected chi connectivity index (χ0v) is 22.4. The molecule has 4 aromatic rings. The number of benzene rings is 3. The van der Waals surface area contributed by atoms with Gasteiger partial charge in [-0.1, -0.05) is 90.5 Å². The Morgan fingerprint density at radius 3 is 1.91 bits per heavy atom. The minimum absolute atomic E-state index is 0.293. The molecule has 0 spiro atoms. The highest BCUT2D eigenvalue weighted by Crippen LogP contribution is 2.37. The van der Waals surface area contributed by atoms with Crippen molar-refractivity contribution in [1.82, 2.24) is 4.72 Å². The van der Waals surface area contributed by atoms with Crippen LogP contribution in [0.3, 0.4) is 0 Å². The highest BCUT2D eigenvalue weighted by atomic mass is 35.5. The first-order valence-corrected chi connectivity index (χ1v) is 13.9. The first-order chi connectivity index (χ1) is 16.8. The molecule has 3 atom stereocenters. The summed E-state index contributed by atoms with van der Waals surface area (Å²) in [7, 11) is -1.29. The van der Waals surface area contributed by atoms with Crippen molar-refractivity contribution in [3.05, 3.63) is 129 Å². The van der Waals surface area contributed by atoms with Crippen LogP contribution in [0.5, 0.6) is 0 Å². The maximum Gasteiger partial charge on any atom is 0.0977 e. The first-order valence-electron chi connectivity index (χ1n) is 11.5. The first kappa shape index (κ1) is 25.5. The second kappa shape index (κ2) is 11.4. The van der Waals surface area contributed by atoms with Crippen molar-refractivity contribution in [2.75, 3.05) is 0 Å². The zero-order chi connectivity index (χ0) is 24.8. The lowest BCUT2D eigenvalue weighted by molar-refractivity contribution is 0.530. The summed E-state index contributed by atoms with van der Waals surface area (Å²) in [4.78, 5) is 6.47. The number of nitrogens with zero attached hydrogens (tertiary/aromatic N) is 1. The molecule has 1 heterocycles. The van der Waals surface area contributed by atoms with Gasteiger partial charge in [0.2, 0.25) is 0 Å². The van der Waals surface area contributed by atoms with Crippen LogP contribution in [0.1, 0.15) is 54.4 Å². The van der Waals surface area contributed by atoms with E-state index in [2.05, 4.69) is 35.1 Å². The van der Waals surface area contributed by atoms with Crippen LogP contribution < -0.4 is 4.72 Å². The molecule has 4 rings (SSSR count). The number of hydrogen-bond acceptors (Lipinski definition) is 3. The highest BCUT2D eigenvalue weighted by Gasteiger charge is 2.31. The molecular weight excluding hydrogens is 492 g/mol. The van der Waals surface area contributed by atoms with E-state index in [-0.39, 0.29) is 12.1 Å². The third-order valence-electron chi connectivity index (χ3n) is 5.53. The summed E-state index contributed by atoms with van der Waals surface area (Å²) in [6, 6.07) is 31.6. The molecule has 0 aliphatic rings. The van der Waals surface area contributed by atoms with Gasteiger partial charge in [-0.2, -0.15) is 0 Å². The van der Waals surface area contributed by atoms with Crippen molar-refractivity contribution in [2.45, 2.75) is 37.6 Å². The van der Waals surface area contributed by atoms with Crippen LogP contribution in [0.15, 0.2) is 107 Å². The molecule has 180 valence electrons. The number of hydrogen-bond donors (Lipinski definition) is 1. The molecule has 3 aromatic carbocycles. The molecule has 0 amide bonds. The van der Waals surface area contributed by atoms with E-state index in [1.807, 2.05) is 92.9 Å². The molecule has 0 fully saturated rings. The normalized spacial score (nSPS) is 14.2. The largest absolute Gasteiger partial charge is 0.274 e. The van der Waals surface area contributed by atoms with Crippen molar-refractivity contribution in [3.63, 3.8) is 0 Å². The lowest BCUT2D eigenvalue weighted by Gasteiger charge is -2.29. The molecule has 0 saturated heterocycles. The van der Waals surface area contributed by atoms with Crippen molar-refractivity contribution in [3.8, 4) is 0 Å². The van der Waals surface area contributed by atoms with Crippen molar-refractivity contribution >= 4 is 39.6 Å². The molecule has 0 bridgehead atoms. The lowest BCUT2D eigenvalue weighted by Crippen LogP contribution is -2.37. The Morgan fingerprint density at radius 2 is 1.43 bits per heavy atom. The topological polar surface area (TPSA) is 41.5 Å². The Kier molecular flexibility index (Phi) is 8.34. The van der Waals surface area contributed by atoms with E-state index in [0.717, 1.165) is 27.3 Å². The Morgan fingerprint density at radius 1 is 0.857 bits per heavy atom. The minimum atomic E-state index is -1.29. The molecule has 0 radical (unpaired) electrons. The summed E-state index contributed by atoms with van der Waals surface area (Å²) in [5.41, 5.74) is 3.94. The van der Waals surface area contributed by atoms with E-state index in [0.29, 0.717) is 5.02 Å². The number of halogens is 1. The van der Waals surface area contributed by atoms with Gasteiger partial charge in [-0.05, 0) is 49.9 Å². The van der Waals surface area contributed by atoms with Gasteiger partial charge in [0.25, 0.3) is 0 Å². The van der Waals surface area contributed by atoms with Gasteiger partial charge >= 0.3 is 0 Å². The predicted molar refractivity (Wildman–Crippen MR) is 151 cm³/mol. The molecule has 35 heavy (non-hydrogen) atoms. The van der Waals surface area contributed by atoms with Crippen LogP contribution in [0.25, 0.3) is 0 Å². The second-order valence-corrected chi connectivity index (χ2v) is 12.6. The van der Waals surface area contributed by atoms with Crippen LogP contribution in [0.2, 0.25) is 5.02 Å². The monoisotopic (exact) mass is 520 g/mol. The number of nitrogens with one attached hydrogen (secondary N) is 1. The third-order valence-corrected chi connectivity index (χ3v) is 8.32. The van der Waals surface area contributed by atoms with E-state index >= 15 is 0 Å². The van der Waals surface area contributed by atoms with Crippen LogP contribution >= 0.6 is 22.9 Å². The van der Waals surface area contributed by atoms with Crippen LogP contribution in [-0.4, -0.2) is 14.7 Å². The Hall–Kier alpha value is -2.57. The molecule has 0 aliphatic carbocycles. The van der Waals surface area contributed by atoms with Gasteiger partial charge in [-0.3, -0.25) is 4.99 Å². The van der Waals surface area contributed by atoms with Crippen LogP contribution in [-0.2, 0) is 11.0 Å². The molecule has 1 N–H and O–H groups in total. The van der Waals surface area contributed by atoms with Gasteiger partial charge in [-0.25, -0.2) is 8.93 Å². The van der Waals surface area contributed by atoms with E-state index in [1.165, 1.54) is 0 Å². The van der Waals surface area contributed by atoms with E-state index in [4.69, 9.17) is 16.6 Å². The number of aliphatic imine (C=N–C) groups is 1. The predicted octanol–water partition coefficient (Wildman–Crippen LogP) is 7.77. The van der Waals surface area contributed by atoms with Crippen molar-refractivity contribution in [2.24, 2.45) is 4.99 Å². The summed E-state index contributed by atoms with van der Waals surface area (Å²) in [5.74, 6) is 0. The molecule has 0 saturated carbocycles. The maximum absolute atomic E-state index is 13.3. The molecule has 3 nitrogen and oxygen atoms in total. The molecule has 6 heteroatoms. The molecule has 1 aromatic heterocycles. The smallest absolute Gasteiger partial charge is 0.0977 e. The van der Waals surface area contributed by atoms with Gasteiger partial charge in [0, 0.05) is 21.0 Å². The van der Waals surface area contributed by atoms with Gasteiger partial charge in [-0.15, -0.1) is 11.3 Å². The minimum Gasteiger partial charge on any atom is -0.274 e.